The number of rotatable bonds is 3. The molecule has 3 rings (SSSR count). The van der Waals surface area contributed by atoms with Crippen LogP contribution in [0.25, 0.3) is 0 Å². The maximum atomic E-state index is 12.9. The number of nitrogens with one attached hydrogen (secondary N) is 1. The van der Waals surface area contributed by atoms with Gasteiger partial charge in [-0.25, -0.2) is 4.79 Å². The van der Waals surface area contributed by atoms with E-state index in [2.05, 4.69) is 5.32 Å². The van der Waals surface area contributed by atoms with E-state index >= 15 is 0 Å². The molecule has 2 amide bonds. The van der Waals surface area contributed by atoms with Gasteiger partial charge in [-0.2, -0.15) is 0 Å². The summed E-state index contributed by atoms with van der Waals surface area (Å²) in [5.74, 6) is 0. The van der Waals surface area contributed by atoms with Crippen molar-refractivity contribution < 1.29 is 4.79 Å². The van der Waals surface area contributed by atoms with Gasteiger partial charge < -0.3 is 5.32 Å². The van der Waals surface area contributed by atoms with Crippen molar-refractivity contribution in [3.05, 3.63) is 60.7 Å². The second kappa shape index (κ2) is 7.82. The quantitative estimate of drug-likeness (QED) is 0.771. The van der Waals surface area contributed by atoms with Crippen molar-refractivity contribution >= 4 is 17.4 Å². The third-order valence-corrected chi connectivity index (χ3v) is 4.41. The van der Waals surface area contributed by atoms with E-state index in [1.54, 1.807) is 4.90 Å². The Morgan fingerprint density at radius 3 is 1.74 bits per heavy atom. The van der Waals surface area contributed by atoms with Crippen molar-refractivity contribution in [1.29, 1.82) is 0 Å². The minimum absolute atomic E-state index is 0.0331. The third kappa shape index (κ3) is 4.13. The van der Waals surface area contributed by atoms with Crippen molar-refractivity contribution in [3.63, 3.8) is 0 Å². The molecule has 1 aliphatic carbocycles. The Morgan fingerprint density at radius 2 is 1.26 bits per heavy atom. The molecule has 1 N–H and O–H groups in total. The van der Waals surface area contributed by atoms with Crippen LogP contribution in [0.3, 0.4) is 0 Å². The van der Waals surface area contributed by atoms with Crippen LogP contribution in [0, 0.1) is 0 Å². The Labute approximate surface area is 138 Å². The van der Waals surface area contributed by atoms with Crippen LogP contribution in [-0.4, -0.2) is 12.1 Å². The fraction of sp³-hybridized carbons (Fsp3) is 0.350. The number of anilines is 2. The molecule has 0 radical (unpaired) electrons. The maximum Gasteiger partial charge on any atom is 0.326 e. The number of carbonyl (C=O) groups is 1. The molecular weight excluding hydrogens is 284 g/mol. The average Bonchev–Trinajstić information content (AvgIpc) is 2.86. The van der Waals surface area contributed by atoms with Crippen molar-refractivity contribution in [2.45, 2.75) is 44.6 Å². The molecule has 3 nitrogen and oxygen atoms in total. The van der Waals surface area contributed by atoms with Crippen LogP contribution in [0.15, 0.2) is 60.7 Å². The van der Waals surface area contributed by atoms with Crippen LogP contribution in [-0.2, 0) is 0 Å². The highest BCUT2D eigenvalue weighted by molar-refractivity contribution is 5.99. The first-order valence-corrected chi connectivity index (χ1v) is 8.55. The highest BCUT2D eigenvalue weighted by Gasteiger charge is 2.21. The maximum absolute atomic E-state index is 12.9. The Bertz CT molecular complexity index is 565. The van der Waals surface area contributed by atoms with Gasteiger partial charge in [0.05, 0.1) is 11.4 Å². The summed E-state index contributed by atoms with van der Waals surface area (Å²) < 4.78 is 0. The SMILES string of the molecule is O=C(NC1CCCCCC1)N(c1ccccc1)c1ccccc1. The number of nitrogens with zero attached hydrogens (tertiary/aromatic N) is 1. The van der Waals surface area contributed by atoms with E-state index in [0.29, 0.717) is 6.04 Å². The molecule has 0 unspecified atom stereocenters. The molecule has 1 saturated carbocycles. The number of hydrogen-bond donors (Lipinski definition) is 1. The van der Waals surface area contributed by atoms with Gasteiger partial charge in [0.15, 0.2) is 0 Å². The molecule has 1 aliphatic rings. The lowest BCUT2D eigenvalue weighted by Gasteiger charge is -2.26. The number of carbonyl (C=O) groups excluding carboxylic acids is 1. The van der Waals surface area contributed by atoms with E-state index in [9.17, 15) is 4.79 Å². The highest BCUT2D eigenvalue weighted by Crippen LogP contribution is 2.26. The molecule has 120 valence electrons. The summed E-state index contributed by atoms with van der Waals surface area (Å²) in [5.41, 5.74) is 1.79. The summed E-state index contributed by atoms with van der Waals surface area (Å²) in [5, 5.41) is 3.24. The van der Waals surface area contributed by atoms with Crippen LogP contribution in [0.2, 0.25) is 0 Å². The predicted molar refractivity (Wildman–Crippen MR) is 95.0 cm³/mol. The predicted octanol–water partition coefficient (Wildman–Crippen LogP) is 5.26. The van der Waals surface area contributed by atoms with Gasteiger partial charge in [-0.05, 0) is 37.1 Å². The summed E-state index contributed by atoms with van der Waals surface area (Å²) >= 11 is 0. The highest BCUT2D eigenvalue weighted by atomic mass is 16.2. The number of hydrogen-bond acceptors (Lipinski definition) is 1. The molecule has 0 aromatic heterocycles. The van der Waals surface area contributed by atoms with E-state index in [0.717, 1.165) is 24.2 Å². The lowest BCUT2D eigenvalue weighted by atomic mass is 10.1. The Kier molecular flexibility index (Phi) is 5.30. The molecule has 0 heterocycles. The first-order valence-electron chi connectivity index (χ1n) is 8.55. The molecule has 2 aromatic rings. The van der Waals surface area contributed by atoms with Gasteiger partial charge in [0.2, 0.25) is 0 Å². The minimum Gasteiger partial charge on any atom is -0.335 e. The lowest BCUT2D eigenvalue weighted by Crippen LogP contribution is -2.42. The average molecular weight is 308 g/mol. The zero-order chi connectivity index (χ0) is 15.9. The molecule has 1 fully saturated rings. The lowest BCUT2D eigenvalue weighted by molar-refractivity contribution is 0.243. The minimum atomic E-state index is -0.0331. The van der Waals surface area contributed by atoms with Gasteiger partial charge in [-0.15, -0.1) is 0 Å². The summed E-state index contributed by atoms with van der Waals surface area (Å²) in [6.45, 7) is 0. The van der Waals surface area contributed by atoms with Gasteiger partial charge in [0, 0.05) is 6.04 Å². The van der Waals surface area contributed by atoms with Gasteiger partial charge >= 0.3 is 6.03 Å². The topological polar surface area (TPSA) is 32.3 Å². The summed E-state index contributed by atoms with van der Waals surface area (Å²) in [7, 11) is 0. The number of para-hydroxylation sites is 2. The van der Waals surface area contributed by atoms with Gasteiger partial charge in [0.1, 0.15) is 0 Å². The van der Waals surface area contributed by atoms with Crippen LogP contribution in [0.1, 0.15) is 38.5 Å². The second-order valence-corrected chi connectivity index (χ2v) is 6.14. The number of amides is 2. The van der Waals surface area contributed by atoms with Crippen LogP contribution in [0.5, 0.6) is 0 Å². The fourth-order valence-electron chi connectivity index (χ4n) is 3.20. The van der Waals surface area contributed by atoms with Gasteiger partial charge in [-0.3, -0.25) is 4.90 Å². The molecule has 2 aromatic carbocycles. The van der Waals surface area contributed by atoms with Crippen LogP contribution in [0.4, 0.5) is 16.2 Å². The number of benzene rings is 2. The normalized spacial score (nSPS) is 15.7. The zero-order valence-corrected chi connectivity index (χ0v) is 13.4. The van der Waals surface area contributed by atoms with E-state index in [-0.39, 0.29) is 6.03 Å². The molecule has 0 saturated heterocycles. The standard InChI is InChI=1S/C20H24N2O/c23-20(21-17-11-5-1-2-6-12-17)22(18-13-7-3-8-14-18)19-15-9-4-10-16-19/h3-4,7-10,13-17H,1-2,5-6,11-12H2,(H,21,23). The summed E-state index contributed by atoms with van der Waals surface area (Å²) in [6, 6.07) is 19.9. The smallest absolute Gasteiger partial charge is 0.326 e. The summed E-state index contributed by atoms with van der Waals surface area (Å²) in [6.07, 6.45) is 7.16. The Balaban J connectivity index is 1.81. The van der Waals surface area contributed by atoms with Crippen LogP contribution < -0.4 is 10.2 Å². The molecular formula is C20H24N2O. The Morgan fingerprint density at radius 1 is 0.783 bits per heavy atom. The molecule has 0 spiro atoms. The van der Waals surface area contributed by atoms with E-state index in [1.165, 1.54) is 25.7 Å². The third-order valence-electron chi connectivity index (χ3n) is 4.41. The second-order valence-electron chi connectivity index (χ2n) is 6.14. The van der Waals surface area contributed by atoms with E-state index < -0.39 is 0 Å². The van der Waals surface area contributed by atoms with E-state index in [1.807, 2.05) is 60.7 Å². The van der Waals surface area contributed by atoms with Crippen molar-refractivity contribution in [1.82, 2.24) is 5.32 Å². The van der Waals surface area contributed by atoms with Crippen LogP contribution >= 0.6 is 0 Å². The van der Waals surface area contributed by atoms with Gasteiger partial charge in [0.25, 0.3) is 0 Å². The van der Waals surface area contributed by atoms with Crippen molar-refractivity contribution in [2.75, 3.05) is 4.90 Å². The molecule has 3 heteroatoms. The molecule has 23 heavy (non-hydrogen) atoms. The fourth-order valence-corrected chi connectivity index (χ4v) is 3.20. The molecule has 0 atom stereocenters. The van der Waals surface area contributed by atoms with Crippen molar-refractivity contribution in [2.24, 2.45) is 0 Å². The monoisotopic (exact) mass is 308 g/mol. The number of urea groups is 1. The Hall–Kier alpha value is -2.29. The summed E-state index contributed by atoms with van der Waals surface area (Å²) in [4.78, 5) is 14.7. The van der Waals surface area contributed by atoms with E-state index in [4.69, 9.17) is 0 Å². The molecule has 0 aliphatic heterocycles. The largest absolute Gasteiger partial charge is 0.335 e. The first kappa shape index (κ1) is 15.6. The van der Waals surface area contributed by atoms with Gasteiger partial charge in [-0.1, -0.05) is 62.1 Å². The first-order chi connectivity index (χ1) is 11.3. The zero-order valence-electron chi connectivity index (χ0n) is 13.4. The van der Waals surface area contributed by atoms with Crippen molar-refractivity contribution in [3.8, 4) is 0 Å². The molecule has 0 bridgehead atoms.